The second-order valence-electron chi connectivity index (χ2n) is 3.88. The van der Waals surface area contributed by atoms with E-state index >= 15 is 0 Å². The third kappa shape index (κ3) is 3.94. The van der Waals surface area contributed by atoms with E-state index in [4.69, 9.17) is 9.79 Å². The number of pyridine rings is 1. The van der Waals surface area contributed by atoms with Crippen molar-refractivity contribution in [3.05, 3.63) is 30.1 Å². The van der Waals surface area contributed by atoms with Gasteiger partial charge in [-0.25, -0.2) is 0 Å². The Morgan fingerprint density at radius 1 is 1.35 bits per heavy atom. The first-order valence-electron chi connectivity index (χ1n) is 5.19. The van der Waals surface area contributed by atoms with E-state index in [2.05, 4.69) is 9.51 Å². The maximum Gasteiger partial charge on any atom is 0.371 e. The molecule has 0 aliphatic rings. The van der Waals surface area contributed by atoms with Gasteiger partial charge in [0.2, 0.25) is 0 Å². The van der Waals surface area contributed by atoms with Crippen LogP contribution in [-0.4, -0.2) is 42.4 Å². The van der Waals surface area contributed by atoms with E-state index in [1.807, 2.05) is 0 Å². The monoisotopic (exact) mass is 329 g/mol. The van der Waals surface area contributed by atoms with Crippen LogP contribution in [0.3, 0.4) is 0 Å². The lowest BCUT2D eigenvalue weighted by molar-refractivity contribution is 0.116. The molecule has 20 heavy (non-hydrogen) atoms. The largest absolute Gasteiger partial charge is 0.412 e. The van der Waals surface area contributed by atoms with Crippen molar-refractivity contribution in [1.82, 2.24) is 4.98 Å². The van der Waals surface area contributed by atoms with E-state index in [1.54, 1.807) is 12.1 Å². The molecule has 116 valence electrons. The summed E-state index contributed by atoms with van der Waals surface area (Å²) >= 11 is 0. The van der Waals surface area contributed by atoms with Gasteiger partial charge in [-0.05, 0) is 18.1 Å². The molecule has 9 nitrogen and oxygen atoms in total. The van der Waals surface area contributed by atoms with Gasteiger partial charge >= 0.3 is 15.2 Å². The lowest BCUT2D eigenvalue weighted by Crippen LogP contribution is -2.30. The van der Waals surface area contributed by atoms with Crippen molar-refractivity contribution in [2.75, 3.05) is 7.11 Å². The van der Waals surface area contributed by atoms with Crippen molar-refractivity contribution in [3.8, 4) is 0 Å². The van der Waals surface area contributed by atoms with Crippen LogP contribution in [0.15, 0.2) is 24.5 Å². The van der Waals surface area contributed by atoms with Gasteiger partial charge in [0.25, 0.3) is 5.08 Å². The number of aryl methyl sites for hydroxylation is 1. The van der Waals surface area contributed by atoms with Crippen LogP contribution in [0.4, 0.5) is 0 Å². The van der Waals surface area contributed by atoms with Gasteiger partial charge in [0.15, 0.2) is 0 Å². The summed E-state index contributed by atoms with van der Waals surface area (Å²) in [6.45, 7) is 0. The summed E-state index contributed by atoms with van der Waals surface area (Å²) in [5, 5.41) is 6.78. The molecular weight excluding hydrogens is 312 g/mol. The first kappa shape index (κ1) is 19.4. The maximum atomic E-state index is 11.6. The van der Waals surface area contributed by atoms with Gasteiger partial charge in [0.05, 0.1) is 0 Å². The predicted molar refractivity (Wildman–Crippen MR) is 70.0 cm³/mol. The van der Waals surface area contributed by atoms with Crippen molar-refractivity contribution in [1.29, 1.82) is 0 Å². The molecule has 0 fully saturated rings. The summed E-state index contributed by atoms with van der Waals surface area (Å²) in [5.41, 5.74) is 0.561. The highest BCUT2D eigenvalue weighted by Crippen LogP contribution is 2.71. The van der Waals surface area contributed by atoms with E-state index in [0.29, 0.717) is 5.56 Å². The van der Waals surface area contributed by atoms with Crippen LogP contribution in [0.2, 0.25) is 0 Å². The fourth-order valence-electron chi connectivity index (χ4n) is 1.46. The second-order valence-corrected chi connectivity index (χ2v) is 8.21. The molecule has 11 heteroatoms. The second kappa shape index (κ2) is 6.89. The Morgan fingerprint density at radius 2 is 1.95 bits per heavy atom. The first-order valence-corrected chi connectivity index (χ1v) is 8.38. The van der Waals surface area contributed by atoms with Crippen molar-refractivity contribution in [2.24, 2.45) is 0 Å². The Labute approximate surface area is 115 Å². The number of aliphatic hydroxyl groups is 1. The molecule has 0 amide bonds. The molecule has 0 aromatic carbocycles. The normalized spacial score (nSPS) is 17.6. The fourth-order valence-corrected chi connectivity index (χ4v) is 4.11. The fraction of sp³-hybridized carbons (Fsp3) is 0.444. The van der Waals surface area contributed by atoms with Crippen LogP contribution in [0.5, 0.6) is 0 Å². The highest BCUT2D eigenvalue weighted by molar-refractivity contribution is 7.72. The smallest absolute Gasteiger partial charge is 0.371 e. The van der Waals surface area contributed by atoms with Crippen LogP contribution in [0.25, 0.3) is 0 Å². The highest BCUT2D eigenvalue weighted by Gasteiger charge is 2.59. The Bertz CT molecular complexity index is 518. The number of aromatic nitrogens is 1. The molecule has 1 aromatic heterocycles. The molecule has 0 spiro atoms. The minimum atomic E-state index is -5.27. The molecule has 0 radical (unpaired) electrons. The van der Waals surface area contributed by atoms with E-state index < -0.39 is 26.7 Å². The predicted octanol–water partition coefficient (Wildman–Crippen LogP) is -0.155. The Balaban J connectivity index is 0.00000361. The molecular formula is C9H17NO8P2. The minimum absolute atomic E-state index is 0. The van der Waals surface area contributed by atoms with Gasteiger partial charge in [-0.15, -0.1) is 0 Å². The van der Waals surface area contributed by atoms with Crippen LogP contribution < -0.4 is 0 Å². The average molecular weight is 329 g/mol. The lowest BCUT2D eigenvalue weighted by atomic mass is 10.2. The van der Waals surface area contributed by atoms with Crippen molar-refractivity contribution < 1.29 is 38.9 Å². The molecule has 0 aliphatic carbocycles. The molecule has 1 aromatic rings. The minimum Gasteiger partial charge on any atom is -0.412 e. The van der Waals surface area contributed by atoms with Gasteiger partial charge in [0, 0.05) is 25.9 Å². The summed E-state index contributed by atoms with van der Waals surface area (Å²) in [4.78, 5) is 31.5. The van der Waals surface area contributed by atoms with Crippen molar-refractivity contribution in [2.45, 2.75) is 17.9 Å². The maximum absolute atomic E-state index is 11.6. The van der Waals surface area contributed by atoms with Gasteiger partial charge < -0.3 is 29.8 Å². The van der Waals surface area contributed by atoms with Crippen LogP contribution in [-0.2, 0) is 20.1 Å². The SMILES string of the molecule is COP(=O)(O)C(O)(CCc1cccnc1)P(=O)(O)O.O. The van der Waals surface area contributed by atoms with E-state index in [0.717, 1.165) is 7.11 Å². The van der Waals surface area contributed by atoms with E-state index in [1.165, 1.54) is 12.4 Å². The number of hydrogen-bond donors (Lipinski definition) is 4. The molecule has 0 aliphatic heterocycles. The number of nitrogens with zero attached hydrogens (tertiary/aromatic N) is 1. The summed E-state index contributed by atoms with van der Waals surface area (Å²) in [5.74, 6) is 0. The third-order valence-electron chi connectivity index (χ3n) is 2.64. The summed E-state index contributed by atoms with van der Waals surface area (Å²) in [7, 11) is -9.35. The molecule has 6 N–H and O–H groups in total. The standard InChI is InChI=1S/C9H15NO7P2.H2O/c1-17-19(15,16)9(11,18(12,13)14)5-4-8-3-2-6-10-7-8;/h2-3,6-7,11H,4-5H2,1H3,(H,15,16)(H2,12,13,14);1H2. The zero-order valence-corrected chi connectivity index (χ0v) is 12.4. The Morgan fingerprint density at radius 3 is 2.35 bits per heavy atom. The molecule has 0 bridgehead atoms. The van der Waals surface area contributed by atoms with Crippen molar-refractivity contribution in [3.63, 3.8) is 0 Å². The van der Waals surface area contributed by atoms with Gasteiger partial charge in [-0.2, -0.15) is 0 Å². The highest BCUT2D eigenvalue weighted by atomic mass is 31.2. The molecule has 1 heterocycles. The summed E-state index contributed by atoms with van der Waals surface area (Å²) < 4.78 is 27.1. The van der Waals surface area contributed by atoms with Crippen LogP contribution >= 0.6 is 15.2 Å². The number of rotatable bonds is 6. The Kier molecular flexibility index (Phi) is 6.67. The average Bonchev–Trinajstić information content (AvgIpc) is 2.35. The summed E-state index contributed by atoms with van der Waals surface area (Å²) in [6, 6.07) is 3.21. The zero-order valence-electron chi connectivity index (χ0n) is 10.6. The lowest BCUT2D eigenvalue weighted by Gasteiger charge is -2.31. The number of hydrogen-bond acceptors (Lipinski definition) is 5. The van der Waals surface area contributed by atoms with Crippen LogP contribution in [0.1, 0.15) is 12.0 Å². The van der Waals surface area contributed by atoms with Crippen molar-refractivity contribution >= 4 is 15.2 Å². The van der Waals surface area contributed by atoms with Gasteiger partial charge in [0.1, 0.15) is 0 Å². The van der Waals surface area contributed by atoms with E-state index in [9.17, 15) is 19.1 Å². The molecule has 2 unspecified atom stereocenters. The first-order chi connectivity index (χ1) is 8.64. The molecule has 1 rings (SSSR count). The quantitative estimate of drug-likeness (QED) is 0.522. The molecule has 2 atom stereocenters. The topological polar surface area (TPSA) is 169 Å². The van der Waals surface area contributed by atoms with Crippen LogP contribution in [0, 0.1) is 0 Å². The summed E-state index contributed by atoms with van der Waals surface area (Å²) in [6.07, 6.45) is 2.26. The third-order valence-corrected chi connectivity index (χ3v) is 6.96. The zero-order chi connectivity index (χ0) is 14.7. The van der Waals surface area contributed by atoms with Gasteiger partial charge in [-0.1, -0.05) is 6.07 Å². The van der Waals surface area contributed by atoms with E-state index in [-0.39, 0.29) is 11.9 Å². The molecule has 0 saturated carbocycles. The Hall–Kier alpha value is -0.630. The van der Waals surface area contributed by atoms with Gasteiger partial charge in [-0.3, -0.25) is 14.1 Å². The molecule has 0 saturated heterocycles.